The fraction of sp³-hybridized carbons (Fsp3) is 0.550. The van der Waals surface area contributed by atoms with Crippen LogP contribution in [0.1, 0.15) is 48.3 Å². The lowest BCUT2D eigenvalue weighted by Crippen LogP contribution is -2.19. The normalized spacial score (nSPS) is 12.2. The van der Waals surface area contributed by atoms with E-state index in [9.17, 15) is 5.11 Å². The zero-order chi connectivity index (χ0) is 17.9. The van der Waals surface area contributed by atoms with Gasteiger partial charge in [0.25, 0.3) is 0 Å². The second kappa shape index (κ2) is 7.49. The predicted molar refractivity (Wildman–Crippen MR) is 98.9 cm³/mol. The first-order chi connectivity index (χ1) is 11.2. The van der Waals surface area contributed by atoms with Gasteiger partial charge in [0, 0.05) is 31.4 Å². The summed E-state index contributed by atoms with van der Waals surface area (Å²) in [6, 6.07) is 8.74. The van der Waals surface area contributed by atoms with Crippen LogP contribution >= 0.6 is 0 Å². The number of rotatable bonds is 7. The number of hydrogen-bond donors (Lipinski definition) is 1. The maximum Gasteiger partial charge on any atom is 0.0641 e. The third-order valence-corrected chi connectivity index (χ3v) is 4.59. The van der Waals surface area contributed by atoms with Gasteiger partial charge in [-0.25, -0.2) is 0 Å². The molecular weight excluding hydrogens is 298 g/mol. The van der Waals surface area contributed by atoms with E-state index in [0.717, 1.165) is 31.6 Å². The number of aryl methyl sites for hydroxylation is 3. The van der Waals surface area contributed by atoms with Crippen LogP contribution in [-0.4, -0.2) is 32.4 Å². The Morgan fingerprint density at radius 2 is 1.67 bits per heavy atom. The largest absolute Gasteiger partial charge is 0.390 e. The minimum absolute atomic E-state index is 0.599. The molecule has 0 aliphatic heterocycles. The zero-order valence-electron chi connectivity index (χ0n) is 15.9. The first-order valence-corrected chi connectivity index (χ1v) is 8.63. The Hall–Kier alpha value is -1.65. The van der Waals surface area contributed by atoms with Gasteiger partial charge in [-0.1, -0.05) is 24.3 Å². The summed E-state index contributed by atoms with van der Waals surface area (Å²) in [5.41, 5.74) is 5.66. The average Bonchev–Trinajstić information content (AvgIpc) is 2.72. The maximum atomic E-state index is 9.83. The summed E-state index contributed by atoms with van der Waals surface area (Å²) in [7, 11) is 4.15. The van der Waals surface area contributed by atoms with Crippen LogP contribution in [0.5, 0.6) is 0 Å². The van der Waals surface area contributed by atoms with Gasteiger partial charge in [-0.05, 0) is 58.7 Å². The fourth-order valence-electron chi connectivity index (χ4n) is 2.95. The Kier molecular flexibility index (Phi) is 5.83. The summed E-state index contributed by atoms with van der Waals surface area (Å²) in [5, 5.41) is 14.3. The predicted octanol–water partition coefficient (Wildman–Crippen LogP) is 3.37. The molecule has 0 atom stereocenters. The third kappa shape index (κ3) is 5.18. The van der Waals surface area contributed by atoms with Gasteiger partial charge in [0.15, 0.2) is 0 Å². The second-order valence-electron chi connectivity index (χ2n) is 7.57. The molecule has 0 saturated heterocycles. The van der Waals surface area contributed by atoms with Crippen molar-refractivity contribution in [3.05, 3.63) is 52.3 Å². The molecule has 1 heterocycles. The third-order valence-electron chi connectivity index (χ3n) is 4.59. The lowest BCUT2D eigenvalue weighted by molar-refractivity contribution is 0.0714. The van der Waals surface area contributed by atoms with Gasteiger partial charge in [-0.2, -0.15) is 5.10 Å². The van der Waals surface area contributed by atoms with Crippen molar-refractivity contribution in [1.29, 1.82) is 0 Å². The molecule has 0 aliphatic rings. The summed E-state index contributed by atoms with van der Waals surface area (Å²) in [6.07, 6.45) is 1.69. The number of aromatic nitrogens is 2. The van der Waals surface area contributed by atoms with E-state index in [1.807, 2.05) is 25.6 Å². The summed E-state index contributed by atoms with van der Waals surface area (Å²) in [6.45, 7) is 9.75. The molecular formula is C20H31N3O. The van der Waals surface area contributed by atoms with E-state index in [4.69, 9.17) is 0 Å². The maximum absolute atomic E-state index is 9.83. The molecule has 1 aromatic carbocycles. The molecule has 0 unspecified atom stereocenters. The van der Waals surface area contributed by atoms with Crippen LogP contribution in [0.25, 0.3) is 0 Å². The number of hydrogen-bond acceptors (Lipinski definition) is 3. The van der Waals surface area contributed by atoms with Crippen LogP contribution in [0.3, 0.4) is 0 Å². The molecule has 24 heavy (non-hydrogen) atoms. The van der Waals surface area contributed by atoms with Crippen molar-refractivity contribution in [3.8, 4) is 0 Å². The number of nitrogens with zero attached hydrogens (tertiary/aromatic N) is 3. The summed E-state index contributed by atoms with van der Waals surface area (Å²) < 4.78 is 1.95. The molecule has 0 saturated carbocycles. The Balaban J connectivity index is 1.93. The van der Waals surface area contributed by atoms with Gasteiger partial charge < -0.3 is 5.11 Å². The van der Waals surface area contributed by atoms with Crippen LogP contribution in [0.15, 0.2) is 24.3 Å². The molecule has 0 radical (unpaired) electrons. The Labute approximate surface area is 146 Å². The van der Waals surface area contributed by atoms with E-state index in [-0.39, 0.29) is 0 Å². The topological polar surface area (TPSA) is 41.3 Å². The van der Waals surface area contributed by atoms with Crippen molar-refractivity contribution in [1.82, 2.24) is 14.7 Å². The number of benzene rings is 1. The monoisotopic (exact) mass is 329 g/mol. The first kappa shape index (κ1) is 18.7. The lowest BCUT2D eigenvalue weighted by Gasteiger charge is -2.18. The number of aliphatic hydroxyl groups is 1. The van der Waals surface area contributed by atoms with Gasteiger partial charge in [-0.15, -0.1) is 0 Å². The van der Waals surface area contributed by atoms with Crippen molar-refractivity contribution in [3.63, 3.8) is 0 Å². The van der Waals surface area contributed by atoms with E-state index in [0.29, 0.717) is 0 Å². The van der Waals surface area contributed by atoms with Gasteiger partial charge in [0.2, 0.25) is 0 Å². The Morgan fingerprint density at radius 3 is 2.17 bits per heavy atom. The Morgan fingerprint density at radius 1 is 1.08 bits per heavy atom. The van der Waals surface area contributed by atoms with E-state index < -0.39 is 5.60 Å². The van der Waals surface area contributed by atoms with Crippen molar-refractivity contribution in [2.45, 2.75) is 59.2 Å². The highest BCUT2D eigenvalue weighted by atomic mass is 16.3. The molecule has 1 N–H and O–H groups in total. The molecule has 0 spiro atoms. The first-order valence-electron chi connectivity index (χ1n) is 8.63. The highest BCUT2D eigenvalue weighted by Gasteiger charge is 2.13. The van der Waals surface area contributed by atoms with Gasteiger partial charge >= 0.3 is 0 Å². The summed E-state index contributed by atoms with van der Waals surface area (Å²) in [5.74, 6) is 0. The van der Waals surface area contributed by atoms with Crippen LogP contribution < -0.4 is 0 Å². The quantitative estimate of drug-likeness (QED) is 0.847. The lowest BCUT2D eigenvalue weighted by atomic mass is 9.98. The van der Waals surface area contributed by atoms with Crippen molar-refractivity contribution in [2.24, 2.45) is 7.05 Å². The molecule has 4 heteroatoms. The highest BCUT2D eigenvalue weighted by molar-refractivity contribution is 5.25. The molecule has 0 aliphatic carbocycles. The highest BCUT2D eigenvalue weighted by Crippen LogP contribution is 2.17. The average molecular weight is 329 g/mol. The van der Waals surface area contributed by atoms with E-state index in [1.54, 1.807) is 0 Å². The van der Waals surface area contributed by atoms with Crippen molar-refractivity contribution >= 4 is 0 Å². The van der Waals surface area contributed by atoms with E-state index in [2.05, 4.69) is 55.2 Å². The van der Waals surface area contributed by atoms with Crippen LogP contribution in [0.4, 0.5) is 0 Å². The molecule has 2 rings (SSSR count). The van der Waals surface area contributed by atoms with E-state index in [1.165, 1.54) is 22.4 Å². The van der Waals surface area contributed by atoms with Crippen molar-refractivity contribution in [2.75, 3.05) is 7.05 Å². The standard InChI is InChI=1S/C20H31N3O/c1-15-19(16(2)23(6)21-15)14-22(5)13-18-9-7-17(8-10-18)11-12-20(3,4)24/h7-10,24H,11-14H2,1-6H3. The molecule has 0 fully saturated rings. The molecule has 132 valence electrons. The second-order valence-corrected chi connectivity index (χ2v) is 7.57. The van der Waals surface area contributed by atoms with Crippen LogP contribution in [0.2, 0.25) is 0 Å². The Bertz CT molecular complexity index is 665. The van der Waals surface area contributed by atoms with E-state index >= 15 is 0 Å². The zero-order valence-corrected chi connectivity index (χ0v) is 15.9. The molecule has 4 nitrogen and oxygen atoms in total. The summed E-state index contributed by atoms with van der Waals surface area (Å²) in [4.78, 5) is 2.32. The molecule has 1 aromatic heterocycles. The van der Waals surface area contributed by atoms with Gasteiger partial charge in [0.05, 0.1) is 11.3 Å². The molecule has 0 bridgehead atoms. The smallest absolute Gasteiger partial charge is 0.0641 e. The minimum atomic E-state index is -0.599. The molecule has 2 aromatic rings. The van der Waals surface area contributed by atoms with Crippen LogP contribution in [-0.2, 0) is 26.6 Å². The minimum Gasteiger partial charge on any atom is -0.390 e. The SMILES string of the molecule is Cc1nn(C)c(C)c1CN(C)Cc1ccc(CCC(C)(C)O)cc1. The molecule has 0 amide bonds. The van der Waals surface area contributed by atoms with Crippen LogP contribution in [0, 0.1) is 13.8 Å². The van der Waals surface area contributed by atoms with Gasteiger partial charge in [-0.3, -0.25) is 9.58 Å². The van der Waals surface area contributed by atoms with Crippen molar-refractivity contribution < 1.29 is 5.11 Å². The fourth-order valence-corrected chi connectivity index (χ4v) is 2.95. The summed E-state index contributed by atoms with van der Waals surface area (Å²) >= 11 is 0. The van der Waals surface area contributed by atoms with Gasteiger partial charge in [0.1, 0.15) is 0 Å².